The number of hydrogen-bond acceptors (Lipinski definition) is 5. The highest BCUT2D eigenvalue weighted by Crippen LogP contribution is 2.25. The number of ether oxygens (including phenoxy) is 1. The van der Waals surface area contributed by atoms with Crippen molar-refractivity contribution in [2.24, 2.45) is 0 Å². The molecule has 1 heterocycles. The second kappa shape index (κ2) is 8.34. The number of nitrogens with one attached hydrogen (secondary N) is 1. The molecule has 0 bridgehead atoms. The molecule has 1 aromatic carbocycles. The molecule has 4 nitrogen and oxygen atoms in total. The number of hydrogen-bond donors (Lipinski definition) is 2. The van der Waals surface area contributed by atoms with E-state index >= 15 is 0 Å². The van der Waals surface area contributed by atoms with Crippen LogP contribution in [0.5, 0.6) is 11.5 Å². The van der Waals surface area contributed by atoms with Gasteiger partial charge >= 0.3 is 0 Å². The van der Waals surface area contributed by atoms with Gasteiger partial charge in [0.1, 0.15) is 11.5 Å². The minimum absolute atomic E-state index is 0.570. The molecule has 124 valence electrons. The zero-order valence-corrected chi connectivity index (χ0v) is 14.7. The first-order valence-corrected chi connectivity index (χ1v) is 8.99. The summed E-state index contributed by atoms with van der Waals surface area (Å²) in [5.41, 5.74) is 1.56. The molecule has 0 radical (unpaired) electrons. The van der Waals surface area contributed by atoms with Gasteiger partial charge < -0.3 is 15.2 Å². The summed E-state index contributed by atoms with van der Waals surface area (Å²) in [4.78, 5) is 4.05. The molecule has 23 heavy (non-hydrogen) atoms. The Morgan fingerprint density at radius 2 is 2.17 bits per heavy atom. The second-order valence-corrected chi connectivity index (χ2v) is 6.79. The van der Waals surface area contributed by atoms with Crippen LogP contribution in [0, 0.1) is 6.92 Å². The average Bonchev–Trinajstić information content (AvgIpc) is 2.51. The van der Waals surface area contributed by atoms with E-state index in [2.05, 4.69) is 16.4 Å². The first-order chi connectivity index (χ1) is 11.0. The SMILES string of the molecule is CSCC(C)(O)CNCc1ccc(Oc2cccnc2)c(C)c1. The smallest absolute Gasteiger partial charge is 0.145 e. The van der Waals surface area contributed by atoms with Crippen LogP contribution >= 0.6 is 11.8 Å². The van der Waals surface area contributed by atoms with Crippen molar-refractivity contribution in [3.05, 3.63) is 53.9 Å². The van der Waals surface area contributed by atoms with Crippen LogP contribution in [0.2, 0.25) is 0 Å². The van der Waals surface area contributed by atoms with Crippen LogP contribution in [0.25, 0.3) is 0 Å². The average molecular weight is 332 g/mol. The highest BCUT2D eigenvalue weighted by atomic mass is 32.2. The Hall–Kier alpha value is -1.56. The Balaban J connectivity index is 1.92. The maximum absolute atomic E-state index is 10.1. The molecule has 1 atom stereocenters. The molecular weight excluding hydrogens is 308 g/mol. The molecule has 0 aliphatic carbocycles. The van der Waals surface area contributed by atoms with Crippen molar-refractivity contribution in [1.29, 1.82) is 0 Å². The van der Waals surface area contributed by atoms with Crippen LogP contribution in [-0.4, -0.2) is 34.2 Å². The molecule has 2 N–H and O–H groups in total. The Bertz CT molecular complexity index is 618. The summed E-state index contributed by atoms with van der Waals surface area (Å²) in [5, 5.41) is 13.5. The van der Waals surface area contributed by atoms with Gasteiger partial charge in [0.2, 0.25) is 0 Å². The van der Waals surface area contributed by atoms with E-state index in [1.807, 2.05) is 44.4 Å². The van der Waals surface area contributed by atoms with Gasteiger partial charge in [-0.05, 0) is 49.4 Å². The van der Waals surface area contributed by atoms with E-state index in [1.54, 1.807) is 24.2 Å². The summed E-state index contributed by atoms with van der Waals surface area (Å²) in [6.07, 6.45) is 5.42. The van der Waals surface area contributed by atoms with Crippen molar-refractivity contribution >= 4 is 11.8 Å². The number of rotatable bonds is 8. The maximum atomic E-state index is 10.1. The number of thioether (sulfide) groups is 1. The number of aryl methyl sites for hydroxylation is 1. The van der Waals surface area contributed by atoms with E-state index in [-0.39, 0.29) is 0 Å². The molecule has 5 heteroatoms. The standard InChI is InChI=1S/C18H24N2O2S/c1-14-9-15(10-20-12-18(2,21)13-23-3)6-7-17(14)22-16-5-4-8-19-11-16/h4-9,11,20-21H,10,12-13H2,1-3H3. The summed E-state index contributed by atoms with van der Waals surface area (Å²) in [7, 11) is 0. The summed E-state index contributed by atoms with van der Waals surface area (Å²) in [6, 6.07) is 9.84. The summed E-state index contributed by atoms with van der Waals surface area (Å²) in [5.74, 6) is 2.28. The van der Waals surface area contributed by atoms with Crippen LogP contribution in [-0.2, 0) is 6.54 Å². The van der Waals surface area contributed by atoms with Gasteiger partial charge in [-0.1, -0.05) is 12.1 Å². The first kappa shape index (κ1) is 17.8. The van der Waals surface area contributed by atoms with E-state index in [9.17, 15) is 5.11 Å². The zero-order valence-electron chi connectivity index (χ0n) is 13.9. The normalized spacial score (nSPS) is 13.6. The quantitative estimate of drug-likeness (QED) is 0.776. The Labute approximate surface area is 142 Å². The number of aliphatic hydroxyl groups is 1. The van der Waals surface area contributed by atoms with Gasteiger partial charge in [-0.15, -0.1) is 0 Å². The third kappa shape index (κ3) is 5.86. The van der Waals surface area contributed by atoms with E-state index in [0.717, 1.165) is 29.4 Å². The largest absolute Gasteiger partial charge is 0.455 e. The van der Waals surface area contributed by atoms with E-state index in [4.69, 9.17) is 4.74 Å². The van der Waals surface area contributed by atoms with Crippen LogP contribution in [0.1, 0.15) is 18.1 Å². The summed E-state index contributed by atoms with van der Waals surface area (Å²) < 4.78 is 5.83. The fourth-order valence-electron chi connectivity index (χ4n) is 2.31. The Morgan fingerprint density at radius 1 is 1.35 bits per heavy atom. The van der Waals surface area contributed by atoms with E-state index in [0.29, 0.717) is 6.54 Å². The number of aromatic nitrogens is 1. The molecule has 0 fully saturated rings. The van der Waals surface area contributed by atoms with Crippen molar-refractivity contribution in [3.8, 4) is 11.5 Å². The van der Waals surface area contributed by atoms with E-state index < -0.39 is 5.60 Å². The van der Waals surface area contributed by atoms with Crippen LogP contribution in [0.4, 0.5) is 0 Å². The highest BCUT2D eigenvalue weighted by molar-refractivity contribution is 7.98. The Kier molecular flexibility index (Phi) is 6.45. The van der Waals surface area contributed by atoms with Crippen LogP contribution < -0.4 is 10.1 Å². The van der Waals surface area contributed by atoms with Crippen molar-refractivity contribution in [3.63, 3.8) is 0 Å². The minimum atomic E-state index is -0.683. The molecule has 0 saturated carbocycles. The molecular formula is C18H24N2O2S. The zero-order chi connectivity index (χ0) is 16.7. The molecule has 0 amide bonds. The van der Waals surface area contributed by atoms with Crippen molar-refractivity contribution in [2.75, 3.05) is 18.6 Å². The van der Waals surface area contributed by atoms with Crippen LogP contribution in [0.15, 0.2) is 42.7 Å². The number of benzene rings is 1. The predicted molar refractivity (Wildman–Crippen MR) is 96.2 cm³/mol. The fourth-order valence-corrected chi connectivity index (χ4v) is 3.03. The van der Waals surface area contributed by atoms with Gasteiger partial charge in [0.25, 0.3) is 0 Å². The van der Waals surface area contributed by atoms with Gasteiger partial charge in [-0.25, -0.2) is 0 Å². The molecule has 2 aromatic rings. The van der Waals surface area contributed by atoms with Crippen molar-refractivity contribution in [1.82, 2.24) is 10.3 Å². The molecule has 0 spiro atoms. The van der Waals surface area contributed by atoms with Crippen LogP contribution in [0.3, 0.4) is 0 Å². The lowest BCUT2D eigenvalue weighted by Gasteiger charge is -2.22. The molecule has 1 unspecified atom stereocenters. The monoisotopic (exact) mass is 332 g/mol. The van der Waals surface area contributed by atoms with Gasteiger partial charge in [-0.3, -0.25) is 4.98 Å². The summed E-state index contributed by atoms with van der Waals surface area (Å²) >= 11 is 1.65. The lowest BCUT2D eigenvalue weighted by atomic mass is 10.1. The van der Waals surface area contributed by atoms with Gasteiger partial charge in [0.15, 0.2) is 0 Å². The first-order valence-electron chi connectivity index (χ1n) is 7.59. The van der Waals surface area contributed by atoms with Gasteiger partial charge in [0, 0.05) is 25.0 Å². The summed E-state index contributed by atoms with van der Waals surface area (Å²) in [6.45, 7) is 5.17. The van der Waals surface area contributed by atoms with E-state index in [1.165, 1.54) is 5.56 Å². The Morgan fingerprint density at radius 3 is 2.83 bits per heavy atom. The fraction of sp³-hybridized carbons (Fsp3) is 0.389. The molecule has 2 rings (SSSR count). The highest BCUT2D eigenvalue weighted by Gasteiger charge is 2.18. The second-order valence-electron chi connectivity index (χ2n) is 5.92. The molecule has 0 aliphatic rings. The van der Waals surface area contributed by atoms with Crippen molar-refractivity contribution in [2.45, 2.75) is 26.0 Å². The third-order valence-electron chi connectivity index (χ3n) is 3.39. The number of nitrogens with zero attached hydrogens (tertiary/aromatic N) is 1. The molecule has 0 aliphatic heterocycles. The van der Waals surface area contributed by atoms with Gasteiger partial charge in [0.05, 0.1) is 11.8 Å². The lowest BCUT2D eigenvalue weighted by molar-refractivity contribution is 0.0846. The van der Waals surface area contributed by atoms with Gasteiger partial charge in [-0.2, -0.15) is 11.8 Å². The number of pyridine rings is 1. The predicted octanol–water partition coefficient (Wildman–Crippen LogP) is 3.39. The third-order valence-corrected chi connectivity index (χ3v) is 4.30. The lowest BCUT2D eigenvalue weighted by Crippen LogP contribution is -2.39. The van der Waals surface area contributed by atoms with Crippen molar-refractivity contribution < 1.29 is 9.84 Å². The molecule has 1 aromatic heterocycles. The topological polar surface area (TPSA) is 54.4 Å². The maximum Gasteiger partial charge on any atom is 0.145 e. The molecule has 0 saturated heterocycles. The minimum Gasteiger partial charge on any atom is -0.455 e.